The third-order valence-electron chi connectivity index (χ3n) is 6.47. The Kier molecular flexibility index (Phi) is 4.39. The van der Waals surface area contributed by atoms with Crippen molar-refractivity contribution < 1.29 is 34.8 Å². The van der Waals surface area contributed by atoms with E-state index in [1.54, 1.807) is 18.2 Å². The van der Waals surface area contributed by atoms with Crippen molar-refractivity contribution in [3.8, 4) is 0 Å². The number of likely N-dealkylation sites (N-methyl/N-ethyl adjacent to an activating group) is 1. The molecule has 1 saturated carbocycles. The first-order valence-corrected chi connectivity index (χ1v) is 9.45. The number of nitrogens with zero attached hydrogens (tertiary/aromatic N) is 1. The van der Waals surface area contributed by atoms with E-state index < -0.39 is 64.1 Å². The summed E-state index contributed by atoms with van der Waals surface area (Å²) in [6, 6.07) is 5.30. The molecular weight excluding hydrogens is 392 g/mol. The van der Waals surface area contributed by atoms with E-state index >= 15 is 0 Å². The second-order valence-corrected chi connectivity index (χ2v) is 8.20. The number of benzene rings is 1. The van der Waals surface area contributed by atoms with Crippen LogP contribution in [0.5, 0.6) is 0 Å². The molecule has 3 aliphatic rings. The van der Waals surface area contributed by atoms with Crippen LogP contribution in [0.4, 0.5) is 0 Å². The maximum Gasteiger partial charge on any atom is 0.255 e. The summed E-state index contributed by atoms with van der Waals surface area (Å²) in [6.07, 6.45) is -1.26. The number of ketones is 2. The molecule has 5 atom stereocenters. The third-order valence-corrected chi connectivity index (χ3v) is 6.47. The number of amides is 1. The van der Waals surface area contributed by atoms with Gasteiger partial charge in [0, 0.05) is 23.0 Å². The zero-order chi connectivity index (χ0) is 22.1. The Hall–Kier alpha value is -3.01. The average molecular weight is 414 g/mol. The molecule has 5 unspecified atom stereocenters. The number of nitrogens with two attached hydrogens (primary N) is 1. The van der Waals surface area contributed by atoms with E-state index in [-0.39, 0.29) is 17.6 Å². The molecule has 0 bridgehead atoms. The van der Waals surface area contributed by atoms with Crippen LogP contribution < -0.4 is 5.73 Å². The van der Waals surface area contributed by atoms with Gasteiger partial charge in [-0.25, -0.2) is 0 Å². The molecule has 1 aromatic rings. The lowest BCUT2D eigenvalue weighted by Crippen LogP contribution is -2.66. The lowest BCUT2D eigenvalue weighted by atomic mass is 9.57. The number of hydrogen-bond donors (Lipinski definition) is 5. The molecule has 158 valence electrons. The molecule has 4 rings (SSSR count). The summed E-state index contributed by atoms with van der Waals surface area (Å²) in [6.45, 7) is 0. The zero-order valence-electron chi connectivity index (χ0n) is 16.4. The molecule has 0 saturated heterocycles. The largest absolute Gasteiger partial charge is 0.508 e. The van der Waals surface area contributed by atoms with E-state index in [9.17, 15) is 34.8 Å². The Balaban J connectivity index is 2.00. The lowest BCUT2D eigenvalue weighted by molar-refractivity contribution is -0.155. The second kappa shape index (κ2) is 6.49. The van der Waals surface area contributed by atoms with Crippen LogP contribution in [-0.2, 0) is 14.4 Å². The summed E-state index contributed by atoms with van der Waals surface area (Å²) in [5.74, 6) is -6.74. The van der Waals surface area contributed by atoms with Gasteiger partial charge in [0.25, 0.3) is 5.91 Å². The van der Waals surface area contributed by atoms with Crippen LogP contribution in [0.3, 0.4) is 0 Å². The molecule has 0 spiro atoms. The number of primary amides is 1. The number of carbonyl (C=O) groups excluding carboxylic acids is 3. The van der Waals surface area contributed by atoms with Crippen molar-refractivity contribution in [2.45, 2.75) is 24.2 Å². The fourth-order valence-corrected chi connectivity index (χ4v) is 5.12. The van der Waals surface area contributed by atoms with Crippen molar-refractivity contribution in [2.75, 3.05) is 14.1 Å². The van der Waals surface area contributed by atoms with Crippen LogP contribution in [0.25, 0.3) is 5.76 Å². The number of aliphatic hydroxyl groups excluding tert-OH is 3. The summed E-state index contributed by atoms with van der Waals surface area (Å²) in [5, 5.41) is 43.8. The Labute approximate surface area is 171 Å². The van der Waals surface area contributed by atoms with Crippen LogP contribution in [0.2, 0.25) is 0 Å². The normalized spacial score (nSPS) is 33.4. The van der Waals surface area contributed by atoms with Gasteiger partial charge in [0.15, 0.2) is 11.4 Å². The van der Waals surface area contributed by atoms with E-state index in [0.29, 0.717) is 5.56 Å². The van der Waals surface area contributed by atoms with Crippen LogP contribution >= 0.6 is 0 Å². The quantitative estimate of drug-likeness (QED) is 0.414. The van der Waals surface area contributed by atoms with E-state index in [0.717, 1.165) is 0 Å². The molecule has 3 aliphatic carbocycles. The molecule has 0 aliphatic heterocycles. The van der Waals surface area contributed by atoms with Crippen LogP contribution in [-0.4, -0.2) is 68.5 Å². The van der Waals surface area contributed by atoms with Gasteiger partial charge in [0.1, 0.15) is 17.1 Å². The highest BCUT2D eigenvalue weighted by Crippen LogP contribution is 2.54. The first-order valence-electron chi connectivity index (χ1n) is 9.45. The van der Waals surface area contributed by atoms with Gasteiger partial charge in [-0.05, 0) is 26.1 Å². The minimum atomic E-state index is -2.64. The van der Waals surface area contributed by atoms with Crippen molar-refractivity contribution in [1.29, 1.82) is 0 Å². The van der Waals surface area contributed by atoms with E-state index in [1.807, 2.05) is 0 Å². The van der Waals surface area contributed by atoms with Gasteiger partial charge in [0.2, 0.25) is 5.78 Å². The second-order valence-electron chi connectivity index (χ2n) is 8.20. The Morgan fingerprint density at radius 1 is 1.20 bits per heavy atom. The SMILES string of the molecule is CN(C)C1C(=O)C(C(N)=O)=C(O)C2(O)C(=O)C3=C(O)c4ccccc4C(O)C3CC12. The molecule has 0 radical (unpaired) electrons. The van der Waals surface area contributed by atoms with E-state index in [2.05, 4.69) is 0 Å². The van der Waals surface area contributed by atoms with Crippen molar-refractivity contribution >= 4 is 23.2 Å². The molecule has 30 heavy (non-hydrogen) atoms. The molecule has 0 aromatic heterocycles. The lowest BCUT2D eigenvalue weighted by Gasteiger charge is -2.51. The molecule has 6 N–H and O–H groups in total. The van der Waals surface area contributed by atoms with Gasteiger partial charge >= 0.3 is 0 Å². The molecular formula is C21H22N2O7. The molecule has 1 fully saturated rings. The average Bonchev–Trinajstić information content (AvgIpc) is 2.68. The van der Waals surface area contributed by atoms with E-state index in [1.165, 1.54) is 25.1 Å². The Morgan fingerprint density at radius 3 is 2.43 bits per heavy atom. The maximum absolute atomic E-state index is 13.5. The Morgan fingerprint density at radius 2 is 1.83 bits per heavy atom. The minimum Gasteiger partial charge on any atom is -0.508 e. The number of carbonyl (C=O) groups is 3. The highest BCUT2D eigenvalue weighted by atomic mass is 16.3. The Bertz CT molecular complexity index is 1060. The fourth-order valence-electron chi connectivity index (χ4n) is 5.12. The first kappa shape index (κ1) is 20.3. The molecule has 9 heteroatoms. The predicted octanol–water partition coefficient (Wildman–Crippen LogP) is -0.251. The van der Waals surface area contributed by atoms with Crippen molar-refractivity contribution in [3.05, 3.63) is 52.3 Å². The number of aliphatic hydroxyl groups is 4. The molecule has 1 aromatic carbocycles. The maximum atomic E-state index is 13.5. The zero-order valence-corrected chi connectivity index (χ0v) is 16.4. The monoisotopic (exact) mass is 414 g/mol. The standard InChI is InChI=1S/C21H22N2O7/c1-23(2)14-11-7-10-12(16(25)9-6-4-3-5-8(9)15(10)24)18(27)21(11,30)19(28)13(17(14)26)20(22)29/h3-6,10-11,14-15,24-25,28,30H,7H2,1-2H3,(H2,22,29). The van der Waals surface area contributed by atoms with Crippen LogP contribution in [0, 0.1) is 11.8 Å². The smallest absolute Gasteiger partial charge is 0.255 e. The predicted molar refractivity (Wildman–Crippen MR) is 104 cm³/mol. The minimum absolute atomic E-state index is 0.0954. The van der Waals surface area contributed by atoms with E-state index in [4.69, 9.17) is 5.73 Å². The summed E-state index contributed by atoms with van der Waals surface area (Å²) in [7, 11) is 3.06. The topological polar surface area (TPSA) is 161 Å². The van der Waals surface area contributed by atoms with Crippen LogP contribution in [0.15, 0.2) is 41.2 Å². The highest BCUT2D eigenvalue weighted by molar-refractivity contribution is 6.24. The molecule has 0 heterocycles. The first-order chi connectivity index (χ1) is 14.0. The number of hydrogen-bond acceptors (Lipinski definition) is 8. The highest BCUT2D eigenvalue weighted by Gasteiger charge is 2.64. The summed E-state index contributed by atoms with van der Waals surface area (Å²) >= 11 is 0. The molecule has 9 nitrogen and oxygen atoms in total. The van der Waals surface area contributed by atoms with Gasteiger partial charge in [0.05, 0.1) is 12.1 Å². The number of Topliss-reactive ketones (excluding diaryl/α,β-unsaturated/α-hetero) is 2. The van der Waals surface area contributed by atoms with Crippen molar-refractivity contribution in [2.24, 2.45) is 17.6 Å². The van der Waals surface area contributed by atoms with Gasteiger partial charge < -0.3 is 26.2 Å². The van der Waals surface area contributed by atoms with Crippen LogP contribution in [0.1, 0.15) is 23.7 Å². The number of fused-ring (bicyclic) bond motifs is 3. The van der Waals surface area contributed by atoms with Crippen molar-refractivity contribution in [1.82, 2.24) is 4.90 Å². The summed E-state index contributed by atoms with van der Waals surface area (Å²) in [4.78, 5) is 39.7. The fraction of sp³-hybridized carbons (Fsp3) is 0.381. The van der Waals surface area contributed by atoms with Gasteiger partial charge in [-0.3, -0.25) is 19.3 Å². The molecule has 1 amide bonds. The van der Waals surface area contributed by atoms with Gasteiger partial charge in [-0.1, -0.05) is 24.3 Å². The van der Waals surface area contributed by atoms with Crippen molar-refractivity contribution in [3.63, 3.8) is 0 Å². The van der Waals surface area contributed by atoms with Gasteiger partial charge in [-0.2, -0.15) is 0 Å². The summed E-state index contributed by atoms with van der Waals surface area (Å²) in [5.41, 5.74) is 2.19. The third kappa shape index (κ3) is 2.36. The number of rotatable bonds is 2. The summed E-state index contributed by atoms with van der Waals surface area (Å²) < 4.78 is 0. The van der Waals surface area contributed by atoms with Gasteiger partial charge in [-0.15, -0.1) is 0 Å².